The van der Waals surface area contributed by atoms with Crippen LogP contribution < -0.4 is 10.6 Å². The Labute approximate surface area is 89.0 Å². The molecule has 15 heavy (non-hydrogen) atoms. The molecule has 0 spiro atoms. The van der Waals surface area contributed by atoms with Gasteiger partial charge in [-0.15, -0.1) is 0 Å². The standard InChI is InChI=1S/C11H15N3O/c1-7-2-3-9-11(13-7)14-10-6-15-5-8(10)4-12-9/h2-3,8,10,12H,4-6H2,1H3,(H,13,14). The monoisotopic (exact) mass is 205 g/mol. The molecule has 2 atom stereocenters. The zero-order valence-electron chi connectivity index (χ0n) is 8.79. The highest BCUT2D eigenvalue weighted by Crippen LogP contribution is 2.28. The Morgan fingerprint density at radius 2 is 2.33 bits per heavy atom. The lowest BCUT2D eigenvalue weighted by molar-refractivity contribution is 0.186. The lowest BCUT2D eigenvalue weighted by Gasteiger charge is -2.14. The van der Waals surface area contributed by atoms with E-state index < -0.39 is 0 Å². The summed E-state index contributed by atoms with van der Waals surface area (Å²) in [6.07, 6.45) is 0. The lowest BCUT2D eigenvalue weighted by Crippen LogP contribution is -2.29. The number of aromatic nitrogens is 1. The Balaban J connectivity index is 1.94. The highest BCUT2D eigenvalue weighted by Gasteiger charge is 2.31. The predicted octanol–water partition coefficient (Wildman–Crippen LogP) is 1.24. The predicted molar refractivity (Wildman–Crippen MR) is 59.2 cm³/mol. The molecule has 0 radical (unpaired) electrons. The van der Waals surface area contributed by atoms with E-state index >= 15 is 0 Å². The minimum Gasteiger partial charge on any atom is -0.382 e. The number of pyridine rings is 1. The average molecular weight is 205 g/mol. The fourth-order valence-corrected chi connectivity index (χ4v) is 2.19. The summed E-state index contributed by atoms with van der Waals surface area (Å²) in [5.74, 6) is 1.52. The SMILES string of the molecule is Cc1ccc2c(n1)NC1COCC1CN2. The van der Waals surface area contributed by atoms with Crippen LogP contribution in [0.1, 0.15) is 5.69 Å². The van der Waals surface area contributed by atoms with Crippen LogP contribution in [0.4, 0.5) is 11.5 Å². The maximum absolute atomic E-state index is 5.46. The van der Waals surface area contributed by atoms with E-state index in [0.29, 0.717) is 12.0 Å². The Hall–Kier alpha value is -1.29. The Kier molecular flexibility index (Phi) is 2.02. The first-order valence-corrected chi connectivity index (χ1v) is 5.39. The van der Waals surface area contributed by atoms with Gasteiger partial charge in [-0.25, -0.2) is 4.98 Å². The Morgan fingerprint density at radius 1 is 1.40 bits per heavy atom. The highest BCUT2D eigenvalue weighted by molar-refractivity contribution is 5.66. The second kappa shape index (κ2) is 3.38. The van der Waals surface area contributed by atoms with Crippen LogP contribution in [0, 0.1) is 12.8 Å². The fourth-order valence-electron chi connectivity index (χ4n) is 2.19. The molecule has 2 N–H and O–H groups in total. The first kappa shape index (κ1) is 8.97. The molecule has 4 nitrogen and oxygen atoms in total. The molecule has 2 aliphatic heterocycles. The van der Waals surface area contributed by atoms with Crippen LogP contribution >= 0.6 is 0 Å². The average Bonchev–Trinajstić information content (AvgIpc) is 2.58. The molecule has 0 aromatic carbocycles. The van der Waals surface area contributed by atoms with Crippen molar-refractivity contribution in [1.29, 1.82) is 0 Å². The van der Waals surface area contributed by atoms with Crippen LogP contribution in [0.2, 0.25) is 0 Å². The van der Waals surface area contributed by atoms with Gasteiger partial charge in [-0.05, 0) is 19.1 Å². The number of hydrogen-bond acceptors (Lipinski definition) is 4. The molecule has 0 amide bonds. The molecule has 1 aromatic heterocycles. The third-order valence-corrected chi connectivity index (χ3v) is 3.11. The van der Waals surface area contributed by atoms with E-state index in [-0.39, 0.29) is 0 Å². The highest BCUT2D eigenvalue weighted by atomic mass is 16.5. The number of aryl methyl sites for hydroxylation is 1. The molecule has 0 saturated carbocycles. The molecule has 3 heterocycles. The molecular formula is C11H15N3O. The molecule has 2 aliphatic rings. The molecular weight excluding hydrogens is 190 g/mol. The number of rotatable bonds is 0. The molecule has 4 heteroatoms. The third-order valence-electron chi connectivity index (χ3n) is 3.11. The molecule has 1 saturated heterocycles. The second-order valence-electron chi connectivity index (χ2n) is 4.28. The van der Waals surface area contributed by atoms with Gasteiger partial charge in [0.25, 0.3) is 0 Å². The van der Waals surface area contributed by atoms with E-state index in [2.05, 4.69) is 21.7 Å². The largest absolute Gasteiger partial charge is 0.382 e. The van der Waals surface area contributed by atoms with Gasteiger partial charge in [0.05, 0.1) is 24.9 Å². The van der Waals surface area contributed by atoms with Crippen LogP contribution in [-0.2, 0) is 4.74 Å². The second-order valence-corrected chi connectivity index (χ2v) is 4.28. The molecule has 2 unspecified atom stereocenters. The maximum atomic E-state index is 5.46. The van der Waals surface area contributed by atoms with Gasteiger partial charge in [0.15, 0.2) is 0 Å². The summed E-state index contributed by atoms with van der Waals surface area (Å²) in [4.78, 5) is 4.50. The minimum absolute atomic E-state index is 0.410. The first-order valence-electron chi connectivity index (χ1n) is 5.39. The van der Waals surface area contributed by atoms with Gasteiger partial charge in [0.2, 0.25) is 0 Å². The van der Waals surface area contributed by atoms with Gasteiger partial charge in [-0.1, -0.05) is 0 Å². The van der Waals surface area contributed by atoms with Crippen molar-refractivity contribution in [3.63, 3.8) is 0 Å². The van der Waals surface area contributed by atoms with E-state index in [1.165, 1.54) is 0 Å². The summed E-state index contributed by atoms with van der Waals surface area (Å²) in [6, 6.07) is 4.53. The molecule has 0 bridgehead atoms. The quantitative estimate of drug-likeness (QED) is 0.669. The van der Waals surface area contributed by atoms with Gasteiger partial charge in [0.1, 0.15) is 5.82 Å². The van der Waals surface area contributed by atoms with Crippen molar-refractivity contribution in [2.24, 2.45) is 5.92 Å². The molecule has 1 aromatic rings. The van der Waals surface area contributed by atoms with Crippen LogP contribution in [0.25, 0.3) is 0 Å². The van der Waals surface area contributed by atoms with Gasteiger partial charge in [-0.3, -0.25) is 0 Å². The topological polar surface area (TPSA) is 46.2 Å². The van der Waals surface area contributed by atoms with Crippen molar-refractivity contribution in [3.05, 3.63) is 17.8 Å². The van der Waals surface area contributed by atoms with Crippen molar-refractivity contribution >= 4 is 11.5 Å². The zero-order chi connectivity index (χ0) is 10.3. The number of fused-ring (bicyclic) bond motifs is 2. The summed E-state index contributed by atoms with van der Waals surface area (Å²) in [7, 11) is 0. The van der Waals surface area contributed by atoms with Gasteiger partial charge in [0, 0.05) is 18.2 Å². The van der Waals surface area contributed by atoms with Crippen LogP contribution in [0.5, 0.6) is 0 Å². The number of hydrogen-bond donors (Lipinski definition) is 2. The normalized spacial score (nSPS) is 28.3. The van der Waals surface area contributed by atoms with E-state index in [4.69, 9.17) is 4.74 Å². The number of nitrogens with zero attached hydrogens (tertiary/aromatic N) is 1. The Morgan fingerprint density at radius 3 is 3.27 bits per heavy atom. The van der Waals surface area contributed by atoms with Crippen LogP contribution in [0.3, 0.4) is 0 Å². The van der Waals surface area contributed by atoms with E-state index in [9.17, 15) is 0 Å². The molecule has 3 rings (SSSR count). The van der Waals surface area contributed by atoms with Crippen molar-refractivity contribution in [3.8, 4) is 0 Å². The summed E-state index contributed by atoms with van der Waals surface area (Å²) < 4.78 is 5.46. The summed E-state index contributed by atoms with van der Waals surface area (Å²) in [5, 5.41) is 6.88. The van der Waals surface area contributed by atoms with Crippen molar-refractivity contribution in [2.75, 3.05) is 30.4 Å². The third kappa shape index (κ3) is 1.55. The van der Waals surface area contributed by atoms with Crippen LogP contribution in [0.15, 0.2) is 12.1 Å². The molecule has 1 fully saturated rings. The summed E-state index contributed by atoms with van der Waals surface area (Å²) in [6.45, 7) is 4.62. The smallest absolute Gasteiger partial charge is 0.149 e. The van der Waals surface area contributed by atoms with E-state index in [1.807, 2.05) is 13.0 Å². The fraction of sp³-hybridized carbons (Fsp3) is 0.545. The van der Waals surface area contributed by atoms with Gasteiger partial charge >= 0.3 is 0 Å². The van der Waals surface area contributed by atoms with Crippen molar-refractivity contribution in [1.82, 2.24) is 4.98 Å². The minimum atomic E-state index is 0.410. The maximum Gasteiger partial charge on any atom is 0.149 e. The lowest BCUT2D eigenvalue weighted by atomic mass is 10.1. The zero-order valence-corrected chi connectivity index (χ0v) is 8.79. The summed E-state index contributed by atoms with van der Waals surface area (Å²) in [5.41, 5.74) is 2.15. The first-order chi connectivity index (χ1) is 7.33. The number of ether oxygens (including phenoxy) is 1. The van der Waals surface area contributed by atoms with Crippen molar-refractivity contribution in [2.45, 2.75) is 13.0 Å². The van der Waals surface area contributed by atoms with Crippen molar-refractivity contribution < 1.29 is 4.74 Å². The van der Waals surface area contributed by atoms with Gasteiger partial charge in [-0.2, -0.15) is 0 Å². The van der Waals surface area contributed by atoms with E-state index in [0.717, 1.165) is 37.0 Å². The summed E-state index contributed by atoms with van der Waals surface area (Å²) >= 11 is 0. The number of anilines is 2. The molecule has 0 aliphatic carbocycles. The van der Waals surface area contributed by atoms with E-state index in [1.54, 1.807) is 0 Å². The molecule has 80 valence electrons. The number of nitrogens with one attached hydrogen (secondary N) is 2. The van der Waals surface area contributed by atoms with Crippen LogP contribution in [-0.4, -0.2) is 30.8 Å². The Bertz CT molecular complexity index is 380. The van der Waals surface area contributed by atoms with Gasteiger partial charge < -0.3 is 15.4 Å².